The third-order valence-corrected chi connectivity index (χ3v) is 3.87. The van der Waals surface area contributed by atoms with Gasteiger partial charge in [-0.25, -0.2) is 4.79 Å². The third-order valence-electron chi connectivity index (χ3n) is 3.87. The van der Waals surface area contributed by atoms with Gasteiger partial charge in [0.25, 0.3) is 0 Å². The molecule has 2 aliphatic rings. The molecule has 1 aliphatic carbocycles. The number of hydrogen-bond acceptors (Lipinski definition) is 2. The molecule has 1 amide bonds. The van der Waals surface area contributed by atoms with Gasteiger partial charge in [0.1, 0.15) is 5.54 Å². The molecule has 90 valence electrons. The number of carboxylic acids is 1. The van der Waals surface area contributed by atoms with Gasteiger partial charge in [-0.1, -0.05) is 12.8 Å². The first-order valence-electron chi connectivity index (χ1n) is 6.08. The molecular formula is C12H19NO3. The van der Waals surface area contributed by atoms with Crippen molar-refractivity contribution in [2.75, 3.05) is 6.54 Å². The molecule has 0 aromatic carbocycles. The van der Waals surface area contributed by atoms with E-state index in [1.165, 1.54) is 12.8 Å². The van der Waals surface area contributed by atoms with Gasteiger partial charge in [-0.15, -0.1) is 0 Å². The lowest BCUT2D eigenvalue weighted by Gasteiger charge is -2.31. The second-order valence-electron chi connectivity index (χ2n) is 5.21. The summed E-state index contributed by atoms with van der Waals surface area (Å²) in [6, 6.07) is 0. The molecule has 2 rings (SSSR count). The Morgan fingerprint density at radius 2 is 2.12 bits per heavy atom. The molecular weight excluding hydrogens is 206 g/mol. The molecule has 0 bridgehead atoms. The molecule has 0 spiro atoms. The molecule has 1 saturated heterocycles. The van der Waals surface area contributed by atoms with Crippen LogP contribution in [-0.2, 0) is 9.59 Å². The zero-order valence-electron chi connectivity index (χ0n) is 9.74. The molecule has 1 saturated carbocycles. The standard InChI is InChI=1S/C12H19NO3/c1-12(11(15)16)7-2-8-13(12)10(14)6-5-9-3-4-9/h9H,2-8H2,1H3,(H,15,16). The lowest BCUT2D eigenvalue weighted by atomic mass is 9.99. The summed E-state index contributed by atoms with van der Waals surface area (Å²) in [6.45, 7) is 2.27. The monoisotopic (exact) mass is 225 g/mol. The lowest BCUT2D eigenvalue weighted by Crippen LogP contribution is -2.50. The van der Waals surface area contributed by atoms with Crippen molar-refractivity contribution < 1.29 is 14.7 Å². The van der Waals surface area contributed by atoms with Crippen LogP contribution in [0.2, 0.25) is 0 Å². The van der Waals surface area contributed by atoms with Crippen molar-refractivity contribution in [3.63, 3.8) is 0 Å². The smallest absolute Gasteiger partial charge is 0.329 e. The van der Waals surface area contributed by atoms with E-state index < -0.39 is 11.5 Å². The summed E-state index contributed by atoms with van der Waals surface area (Å²) >= 11 is 0. The van der Waals surface area contributed by atoms with Gasteiger partial charge >= 0.3 is 5.97 Å². The zero-order valence-corrected chi connectivity index (χ0v) is 9.74. The van der Waals surface area contributed by atoms with Gasteiger partial charge in [0, 0.05) is 13.0 Å². The van der Waals surface area contributed by atoms with E-state index >= 15 is 0 Å². The molecule has 1 aliphatic heterocycles. The zero-order chi connectivity index (χ0) is 11.8. The molecule has 4 nitrogen and oxygen atoms in total. The van der Waals surface area contributed by atoms with E-state index in [9.17, 15) is 14.7 Å². The minimum atomic E-state index is -0.958. The van der Waals surface area contributed by atoms with Crippen LogP contribution in [0.4, 0.5) is 0 Å². The summed E-state index contributed by atoms with van der Waals surface area (Å²) in [7, 11) is 0. The van der Waals surface area contributed by atoms with Crippen LogP contribution in [0.25, 0.3) is 0 Å². The van der Waals surface area contributed by atoms with E-state index in [4.69, 9.17) is 0 Å². The topological polar surface area (TPSA) is 57.6 Å². The van der Waals surface area contributed by atoms with Gasteiger partial charge in [-0.05, 0) is 32.1 Å². The summed E-state index contributed by atoms with van der Waals surface area (Å²) in [5, 5.41) is 9.19. The Labute approximate surface area is 95.6 Å². The summed E-state index contributed by atoms with van der Waals surface area (Å²) < 4.78 is 0. The van der Waals surface area contributed by atoms with Crippen LogP contribution in [0.3, 0.4) is 0 Å². The second kappa shape index (κ2) is 4.07. The van der Waals surface area contributed by atoms with Crippen LogP contribution in [-0.4, -0.2) is 34.0 Å². The number of likely N-dealkylation sites (tertiary alicyclic amines) is 1. The highest BCUT2D eigenvalue weighted by atomic mass is 16.4. The highest BCUT2D eigenvalue weighted by Gasteiger charge is 2.45. The van der Waals surface area contributed by atoms with Crippen LogP contribution >= 0.6 is 0 Å². The molecule has 1 heterocycles. The van der Waals surface area contributed by atoms with Crippen molar-refractivity contribution in [3.8, 4) is 0 Å². The van der Waals surface area contributed by atoms with Gasteiger partial charge in [0.2, 0.25) is 5.91 Å². The fourth-order valence-electron chi connectivity index (χ4n) is 2.45. The number of carbonyl (C=O) groups excluding carboxylic acids is 1. The normalized spacial score (nSPS) is 29.4. The average Bonchev–Trinajstić information content (AvgIpc) is 2.97. The molecule has 1 atom stereocenters. The fourth-order valence-corrected chi connectivity index (χ4v) is 2.45. The van der Waals surface area contributed by atoms with E-state index in [1.807, 2.05) is 0 Å². The molecule has 4 heteroatoms. The highest BCUT2D eigenvalue weighted by Crippen LogP contribution is 2.35. The van der Waals surface area contributed by atoms with Crippen molar-refractivity contribution in [2.45, 2.75) is 51.0 Å². The van der Waals surface area contributed by atoms with E-state index in [1.54, 1.807) is 11.8 Å². The molecule has 1 N–H and O–H groups in total. The maximum absolute atomic E-state index is 12.0. The Morgan fingerprint density at radius 1 is 1.44 bits per heavy atom. The van der Waals surface area contributed by atoms with Crippen molar-refractivity contribution in [1.29, 1.82) is 0 Å². The lowest BCUT2D eigenvalue weighted by molar-refractivity contribution is -0.155. The molecule has 1 unspecified atom stereocenters. The number of carboxylic acid groups (broad SMARTS) is 1. The van der Waals surface area contributed by atoms with E-state index in [2.05, 4.69) is 0 Å². The van der Waals surface area contributed by atoms with Crippen LogP contribution in [0.5, 0.6) is 0 Å². The Bertz CT molecular complexity index is 311. The maximum atomic E-state index is 12.0. The quantitative estimate of drug-likeness (QED) is 0.791. The van der Waals surface area contributed by atoms with Gasteiger partial charge < -0.3 is 10.0 Å². The van der Waals surface area contributed by atoms with E-state index in [0.717, 1.165) is 18.8 Å². The average molecular weight is 225 g/mol. The Hall–Kier alpha value is -1.06. The number of amides is 1. The van der Waals surface area contributed by atoms with Crippen molar-refractivity contribution in [1.82, 2.24) is 4.90 Å². The van der Waals surface area contributed by atoms with Crippen LogP contribution < -0.4 is 0 Å². The first kappa shape index (κ1) is 11.4. The van der Waals surface area contributed by atoms with E-state index in [-0.39, 0.29) is 5.91 Å². The number of rotatable bonds is 4. The predicted molar refractivity (Wildman–Crippen MR) is 58.9 cm³/mol. The molecule has 0 radical (unpaired) electrons. The van der Waals surface area contributed by atoms with Crippen molar-refractivity contribution >= 4 is 11.9 Å². The van der Waals surface area contributed by atoms with Gasteiger partial charge in [-0.3, -0.25) is 4.79 Å². The number of nitrogens with zero attached hydrogens (tertiary/aromatic N) is 1. The highest BCUT2D eigenvalue weighted by molar-refractivity contribution is 5.87. The van der Waals surface area contributed by atoms with Crippen LogP contribution in [0, 0.1) is 5.92 Å². The maximum Gasteiger partial charge on any atom is 0.329 e. The summed E-state index contributed by atoms with van der Waals surface area (Å²) in [5.41, 5.74) is -0.958. The first-order chi connectivity index (χ1) is 7.54. The minimum absolute atomic E-state index is 0.0225. The van der Waals surface area contributed by atoms with Gasteiger partial charge in [-0.2, -0.15) is 0 Å². The second-order valence-corrected chi connectivity index (χ2v) is 5.21. The molecule has 16 heavy (non-hydrogen) atoms. The van der Waals surface area contributed by atoms with Crippen molar-refractivity contribution in [3.05, 3.63) is 0 Å². The van der Waals surface area contributed by atoms with Gasteiger partial charge in [0.05, 0.1) is 0 Å². The molecule has 0 aromatic rings. The molecule has 2 fully saturated rings. The Kier molecular flexibility index (Phi) is 2.91. The number of carbonyl (C=O) groups is 2. The fraction of sp³-hybridized carbons (Fsp3) is 0.833. The number of aliphatic carboxylic acids is 1. The summed E-state index contributed by atoms with van der Waals surface area (Å²) in [4.78, 5) is 24.7. The van der Waals surface area contributed by atoms with Crippen LogP contribution in [0.15, 0.2) is 0 Å². The van der Waals surface area contributed by atoms with Gasteiger partial charge in [0.15, 0.2) is 0 Å². The molecule has 0 aromatic heterocycles. The van der Waals surface area contributed by atoms with Crippen LogP contribution in [0.1, 0.15) is 45.4 Å². The minimum Gasteiger partial charge on any atom is -0.480 e. The predicted octanol–water partition coefficient (Wildman–Crippen LogP) is 1.64. The SMILES string of the molecule is CC1(C(=O)O)CCCN1C(=O)CCC1CC1. The van der Waals surface area contributed by atoms with Crippen molar-refractivity contribution in [2.24, 2.45) is 5.92 Å². The van der Waals surface area contributed by atoms with E-state index in [0.29, 0.717) is 19.4 Å². The Morgan fingerprint density at radius 3 is 2.69 bits per heavy atom. The summed E-state index contributed by atoms with van der Waals surface area (Å²) in [6.07, 6.45) is 5.32. The first-order valence-corrected chi connectivity index (χ1v) is 6.08. The number of hydrogen-bond donors (Lipinski definition) is 1. The summed E-state index contributed by atoms with van der Waals surface area (Å²) in [5.74, 6) is -0.123. The third kappa shape index (κ3) is 2.06. The Balaban J connectivity index is 1.95. The largest absolute Gasteiger partial charge is 0.480 e.